The molecule has 14 nitrogen and oxygen atoms in total. The lowest BCUT2D eigenvalue weighted by atomic mass is 9.78. The van der Waals surface area contributed by atoms with Gasteiger partial charge in [-0.1, -0.05) is 48.5 Å². The Morgan fingerprint density at radius 2 is 1.46 bits per heavy atom. The van der Waals surface area contributed by atoms with Crippen LogP contribution in [0.5, 0.6) is 0 Å². The number of aromatic amines is 2. The van der Waals surface area contributed by atoms with Crippen molar-refractivity contribution in [2.24, 2.45) is 17.8 Å². The van der Waals surface area contributed by atoms with Crippen molar-refractivity contribution in [1.82, 2.24) is 45.4 Å². The molecule has 2 bridgehead atoms. The molecule has 3 fully saturated rings. The molecule has 4 N–H and O–H groups in total. The van der Waals surface area contributed by atoms with Gasteiger partial charge in [-0.2, -0.15) is 0 Å². The summed E-state index contributed by atoms with van der Waals surface area (Å²) in [4.78, 5) is 65.8. The second-order valence-electron chi connectivity index (χ2n) is 15.1. The van der Waals surface area contributed by atoms with Crippen molar-refractivity contribution in [2.75, 3.05) is 20.8 Å². The van der Waals surface area contributed by atoms with Gasteiger partial charge in [-0.15, -0.1) is 0 Å². The van der Waals surface area contributed by atoms with Crippen LogP contribution in [0.3, 0.4) is 0 Å². The second kappa shape index (κ2) is 16.1. The summed E-state index contributed by atoms with van der Waals surface area (Å²) in [5.74, 6) is 2.21. The van der Waals surface area contributed by atoms with E-state index in [-0.39, 0.29) is 29.7 Å². The van der Waals surface area contributed by atoms with Gasteiger partial charge in [0.1, 0.15) is 17.7 Å². The Labute approximate surface area is 325 Å². The van der Waals surface area contributed by atoms with E-state index in [2.05, 4.69) is 84.1 Å². The van der Waals surface area contributed by atoms with E-state index in [1.807, 2.05) is 6.20 Å². The number of hydrogen-bond acceptors (Lipinski definition) is 9. The number of carbonyl (C=O) groups excluding carboxylic acids is 3. The number of methoxy groups -OCH3 is 2. The minimum atomic E-state index is -0.886. The fourth-order valence-electron chi connectivity index (χ4n) is 8.96. The number of hydrogen-bond donors (Lipinski definition) is 4. The summed E-state index contributed by atoms with van der Waals surface area (Å²) < 4.78 is 10.2. The summed E-state index contributed by atoms with van der Waals surface area (Å²) in [5.41, 5.74) is 6.70. The molecule has 8 rings (SSSR count). The highest BCUT2D eigenvalue weighted by Gasteiger charge is 2.52. The molecule has 3 amide bonds. The summed E-state index contributed by atoms with van der Waals surface area (Å²) in [6, 6.07) is 15.6. The van der Waals surface area contributed by atoms with Crippen molar-refractivity contribution in [3.63, 3.8) is 0 Å². The normalized spacial score (nSPS) is 22.5. The van der Waals surface area contributed by atoms with E-state index in [4.69, 9.17) is 14.5 Å². The molecular weight excluding hydrogens is 711 g/mol. The fraction of sp³-hybridized carbons (Fsp3) is 0.405. The Balaban J connectivity index is 0.918. The van der Waals surface area contributed by atoms with Crippen LogP contribution in [0.15, 0.2) is 79.5 Å². The van der Waals surface area contributed by atoms with Crippen LogP contribution >= 0.6 is 0 Å². The van der Waals surface area contributed by atoms with E-state index in [9.17, 15) is 14.4 Å². The number of aromatic nitrogens is 6. The number of nitrogens with zero attached hydrogens (tertiary/aromatic N) is 5. The minimum absolute atomic E-state index is 0.0686. The van der Waals surface area contributed by atoms with Gasteiger partial charge in [0.15, 0.2) is 0 Å². The molecule has 14 heteroatoms. The standard InChI is InChI=1S/C42H47N9O5/c1-24(55-2)37(50-42(54)56-3)41(53)51-18-4-5-34(51)38-45-22-32(48-38)27-10-6-25(7-11-27)26-8-12-28(13-9-26)33-23-46-39(49-33)35-29-14-15-30(19-29)36(35)40(52)47-21-31-20-43-16-17-44-31/h6-13,16-17,20,22-24,29-30,34-37H,4-5,14-15,18-19,21H2,1-3H3,(H,45,48)(H,46,49)(H,47,52)(H,50,54)/t24-,29?,30?,34+,35-,36?,37+/m1/s1. The summed E-state index contributed by atoms with van der Waals surface area (Å²) in [6.45, 7) is 2.66. The third-order valence-corrected chi connectivity index (χ3v) is 11.9. The Hall–Kier alpha value is -5.89. The molecule has 3 aliphatic rings. The fourth-order valence-corrected chi connectivity index (χ4v) is 8.96. The van der Waals surface area contributed by atoms with Crippen molar-refractivity contribution >= 4 is 17.9 Å². The number of imidazole rings is 2. The molecule has 7 atom stereocenters. The van der Waals surface area contributed by atoms with E-state index in [1.54, 1.807) is 36.6 Å². The molecule has 0 spiro atoms. The van der Waals surface area contributed by atoms with E-state index < -0.39 is 18.2 Å². The topological polar surface area (TPSA) is 180 Å². The number of nitrogens with one attached hydrogen (secondary N) is 4. The van der Waals surface area contributed by atoms with E-state index in [1.165, 1.54) is 14.2 Å². The molecule has 2 aromatic carbocycles. The lowest BCUT2D eigenvalue weighted by Gasteiger charge is -2.30. The van der Waals surface area contributed by atoms with E-state index in [0.717, 1.165) is 77.3 Å². The Morgan fingerprint density at radius 3 is 2.11 bits per heavy atom. The molecule has 3 unspecified atom stereocenters. The highest BCUT2D eigenvalue weighted by Crippen LogP contribution is 2.56. The zero-order chi connectivity index (χ0) is 38.8. The van der Waals surface area contributed by atoms with Gasteiger partial charge in [-0.25, -0.2) is 14.8 Å². The number of fused-ring (bicyclic) bond motifs is 2. The third kappa shape index (κ3) is 7.40. The summed E-state index contributed by atoms with van der Waals surface area (Å²) in [5, 5.41) is 5.74. The predicted octanol–water partition coefficient (Wildman–Crippen LogP) is 5.79. The SMILES string of the molecule is COC(=O)N[C@H](C(=O)N1CCC[C@H]1c1ncc(-c2ccc(-c3ccc(-c4cnc([C@@H]5C6CCC(C6)C5C(=O)NCc5cnccn5)[nH]4)cc3)cc2)[nH]1)[C@@H](C)OC. The van der Waals surface area contributed by atoms with Gasteiger partial charge in [0.25, 0.3) is 0 Å². The van der Waals surface area contributed by atoms with Crippen molar-refractivity contribution in [1.29, 1.82) is 0 Å². The minimum Gasteiger partial charge on any atom is -0.453 e. The van der Waals surface area contributed by atoms with Gasteiger partial charge in [0, 0.05) is 32.0 Å². The van der Waals surface area contributed by atoms with Crippen LogP contribution < -0.4 is 10.6 Å². The third-order valence-electron chi connectivity index (χ3n) is 11.9. The quantitative estimate of drug-likeness (QED) is 0.123. The molecule has 3 aromatic heterocycles. The first-order chi connectivity index (χ1) is 27.3. The van der Waals surface area contributed by atoms with Gasteiger partial charge < -0.3 is 35.0 Å². The lowest BCUT2D eigenvalue weighted by molar-refractivity contribution is -0.137. The van der Waals surface area contributed by atoms with Gasteiger partial charge in [0.2, 0.25) is 11.8 Å². The first-order valence-corrected chi connectivity index (χ1v) is 19.3. The number of benzene rings is 2. The number of alkyl carbamates (subject to hydrolysis) is 1. The first kappa shape index (κ1) is 37.1. The van der Waals surface area contributed by atoms with Gasteiger partial charge in [0.05, 0.1) is 67.4 Å². The first-order valence-electron chi connectivity index (χ1n) is 19.3. The van der Waals surface area contributed by atoms with Crippen LogP contribution in [0.25, 0.3) is 33.6 Å². The predicted molar refractivity (Wildman–Crippen MR) is 207 cm³/mol. The van der Waals surface area contributed by atoms with Gasteiger partial charge in [-0.05, 0) is 73.1 Å². The van der Waals surface area contributed by atoms with Crippen LogP contribution in [0.4, 0.5) is 4.79 Å². The molecule has 1 aliphatic heterocycles. The molecule has 0 radical (unpaired) electrons. The van der Waals surface area contributed by atoms with Crippen LogP contribution in [0, 0.1) is 17.8 Å². The molecule has 290 valence electrons. The molecule has 2 saturated carbocycles. The number of likely N-dealkylation sites (tertiary alicyclic amines) is 1. The zero-order valence-corrected chi connectivity index (χ0v) is 31.8. The number of amides is 3. The largest absolute Gasteiger partial charge is 0.453 e. The molecule has 4 heterocycles. The van der Waals surface area contributed by atoms with Crippen LogP contribution in [0.2, 0.25) is 0 Å². The summed E-state index contributed by atoms with van der Waals surface area (Å²) in [7, 11) is 2.77. The Morgan fingerprint density at radius 1 is 0.821 bits per heavy atom. The van der Waals surface area contributed by atoms with Gasteiger partial charge in [-0.3, -0.25) is 19.6 Å². The smallest absolute Gasteiger partial charge is 0.407 e. The zero-order valence-electron chi connectivity index (χ0n) is 31.8. The van der Waals surface area contributed by atoms with Gasteiger partial charge >= 0.3 is 6.09 Å². The van der Waals surface area contributed by atoms with Crippen LogP contribution in [-0.4, -0.2) is 85.6 Å². The Bertz CT molecular complexity index is 2150. The van der Waals surface area contributed by atoms with E-state index in [0.29, 0.717) is 30.7 Å². The highest BCUT2D eigenvalue weighted by molar-refractivity contribution is 5.87. The lowest BCUT2D eigenvalue weighted by Crippen LogP contribution is -2.54. The maximum absolute atomic E-state index is 13.6. The van der Waals surface area contributed by atoms with Crippen molar-refractivity contribution in [3.05, 3.63) is 96.9 Å². The van der Waals surface area contributed by atoms with Crippen LogP contribution in [0.1, 0.15) is 68.3 Å². The summed E-state index contributed by atoms with van der Waals surface area (Å²) in [6.07, 6.45) is 12.2. The molecular formula is C42H47N9O5. The number of rotatable bonds is 12. The second-order valence-corrected chi connectivity index (χ2v) is 15.1. The number of H-pyrrole nitrogens is 2. The molecule has 2 aliphatic carbocycles. The number of ether oxygens (including phenoxy) is 2. The Kier molecular flexibility index (Phi) is 10.6. The average Bonchev–Trinajstić information content (AvgIpc) is 4.10. The monoisotopic (exact) mass is 757 g/mol. The van der Waals surface area contributed by atoms with Crippen molar-refractivity contribution in [3.8, 4) is 33.6 Å². The molecule has 56 heavy (non-hydrogen) atoms. The van der Waals surface area contributed by atoms with Crippen molar-refractivity contribution in [2.45, 2.75) is 69.7 Å². The maximum Gasteiger partial charge on any atom is 0.407 e. The maximum atomic E-state index is 13.6. The summed E-state index contributed by atoms with van der Waals surface area (Å²) >= 11 is 0. The molecule has 5 aromatic rings. The number of carbonyl (C=O) groups is 3. The highest BCUT2D eigenvalue weighted by atomic mass is 16.5. The van der Waals surface area contributed by atoms with Crippen LogP contribution in [-0.2, 0) is 25.6 Å². The average molecular weight is 758 g/mol. The van der Waals surface area contributed by atoms with Crippen molar-refractivity contribution < 1.29 is 23.9 Å². The van der Waals surface area contributed by atoms with E-state index >= 15 is 0 Å². The molecule has 1 saturated heterocycles.